The van der Waals surface area contributed by atoms with Crippen LogP contribution in [0, 0.1) is 0 Å². The van der Waals surface area contributed by atoms with Crippen molar-refractivity contribution in [2.45, 2.75) is 0 Å². The highest BCUT2D eigenvalue weighted by molar-refractivity contribution is 6.11. The summed E-state index contributed by atoms with van der Waals surface area (Å²) < 4.78 is 2.29. The van der Waals surface area contributed by atoms with Crippen molar-refractivity contribution in [3.8, 4) is 119 Å². The van der Waals surface area contributed by atoms with Crippen molar-refractivity contribution in [3.05, 3.63) is 261 Å². The summed E-state index contributed by atoms with van der Waals surface area (Å²) >= 11 is 0. The second-order valence-corrected chi connectivity index (χ2v) is 18.9. The smallest absolute Gasteiger partial charge is 0.164 e. The molecule has 0 N–H and O–H groups in total. The normalized spacial score (nSPS) is 11.3. The topological polar surface area (TPSA) is 134 Å². The highest BCUT2D eigenvalue weighted by Crippen LogP contribution is 2.40. The van der Waals surface area contributed by atoms with Crippen LogP contribution in [0.3, 0.4) is 0 Å². The Bertz CT molecular complexity index is 4150. The van der Waals surface area contributed by atoms with E-state index in [-0.39, 0.29) is 0 Å². The van der Waals surface area contributed by atoms with Gasteiger partial charge < -0.3 is 4.57 Å². The second-order valence-electron chi connectivity index (χ2n) is 18.9. The van der Waals surface area contributed by atoms with Gasteiger partial charge in [0.15, 0.2) is 52.4 Å². The Morgan fingerprint density at radius 2 is 0.544 bits per heavy atom. The third kappa shape index (κ3) is 9.13. The molecule has 0 saturated carbocycles. The monoisotopic (exact) mass is 1010 g/mol. The zero-order chi connectivity index (χ0) is 52.5. The van der Waals surface area contributed by atoms with Crippen molar-refractivity contribution >= 4 is 21.8 Å². The molecule has 0 aliphatic carbocycles. The first-order valence-electron chi connectivity index (χ1n) is 25.9. The summed E-state index contributed by atoms with van der Waals surface area (Å²) in [6, 6.07) is 83.6. The molecule has 5 heterocycles. The van der Waals surface area contributed by atoms with Gasteiger partial charge >= 0.3 is 0 Å². The maximum atomic E-state index is 5.28. The minimum absolute atomic E-state index is 0.509. The fourth-order valence-corrected chi connectivity index (χ4v) is 10.0. The summed E-state index contributed by atoms with van der Waals surface area (Å²) in [5.41, 5.74) is 12.2. The number of pyridine rings is 1. The first-order chi connectivity index (χ1) is 39.1. The van der Waals surface area contributed by atoms with E-state index in [9.17, 15) is 0 Å². The van der Waals surface area contributed by atoms with Crippen molar-refractivity contribution in [3.63, 3.8) is 0 Å². The van der Waals surface area contributed by atoms with Gasteiger partial charge in [-0.15, -0.1) is 0 Å². The molecule has 0 amide bonds. The van der Waals surface area contributed by atoms with Gasteiger partial charge in [-0.1, -0.05) is 218 Å². The Morgan fingerprint density at radius 3 is 0.873 bits per heavy atom. The van der Waals surface area contributed by atoms with E-state index in [1.54, 1.807) is 6.20 Å². The molecule has 0 bridgehead atoms. The number of hydrogen-bond donors (Lipinski definition) is 0. The van der Waals surface area contributed by atoms with Crippen LogP contribution in [0.1, 0.15) is 0 Å². The van der Waals surface area contributed by atoms with Crippen LogP contribution in [0.25, 0.3) is 141 Å². The number of benzene rings is 9. The van der Waals surface area contributed by atoms with Crippen LogP contribution < -0.4 is 0 Å². The largest absolute Gasteiger partial charge is 0.309 e. The molecule has 370 valence electrons. The van der Waals surface area contributed by atoms with E-state index in [0.29, 0.717) is 52.4 Å². The Labute approximate surface area is 454 Å². The highest BCUT2D eigenvalue weighted by Gasteiger charge is 2.22. The molecule has 0 aliphatic heterocycles. The van der Waals surface area contributed by atoms with E-state index in [4.69, 9.17) is 44.9 Å². The molecule has 11 heteroatoms. The molecule has 14 rings (SSSR count). The summed E-state index contributed by atoms with van der Waals surface area (Å²) in [5, 5.41) is 2.04. The van der Waals surface area contributed by atoms with Gasteiger partial charge in [0.25, 0.3) is 0 Å². The van der Waals surface area contributed by atoms with Gasteiger partial charge in [-0.3, -0.25) is 4.98 Å². The van der Waals surface area contributed by atoms with Crippen LogP contribution in [-0.4, -0.2) is 54.4 Å². The van der Waals surface area contributed by atoms with Crippen LogP contribution in [0.4, 0.5) is 0 Å². The molecule has 11 nitrogen and oxygen atoms in total. The van der Waals surface area contributed by atoms with Gasteiger partial charge in [0.05, 0.1) is 11.0 Å². The molecule has 0 fully saturated rings. The summed E-state index contributed by atoms with van der Waals surface area (Å²) in [4.78, 5) is 50.9. The van der Waals surface area contributed by atoms with Gasteiger partial charge in [-0.25, -0.2) is 44.9 Å². The first-order valence-corrected chi connectivity index (χ1v) is 25.9. The average Bonchev–Trinajstić information content (AvgIpc) is 4.12. The van der Waals surface area contributed by atoms with E-state index in [2.05, 4.69) is 70.2 Å². The second kappa shape index (κ2) is 20.2. The molecule has 79 heavy (non-hydrogen) atoms. The van der Waals surface area contributed by atoms with Gasteiger partial charge in [0.1, 0.15) is 0 Å². The minimum Gasteiger partial charge on any atom is -0.309 e. The third-order valence-electron chi connectivity index (χ3n) is 13.9. The molecule has 0 unspecified atom stereocenters. The van der Waals surface area contributed by atoms with Crippen LogP contribution in [0.2, 0.25) is 0 Å². The Kier molecular flexibility index (Phi) is 11.9. The van der Waals surface area contributed by atoms with Crippen molar-refractivity contribution in [2.24, 2.45) is 0 Å². The van der Waals surface area contributed by atoms with Crippen molar-refractivity contribution in [1.29, 1.82) is 0 Å². The molecular formula is C68H43N11. The van der Waals surface area contributed by atoms with Crippen LogP contribution >= 0.6 is 0 Å². The van der Waals surface area contributed by atoms with E-state index in [1.165, 1.54) is 0 Å². The number of nitrogens with zero attached hydrogens (tertiary/aromatic N) is 11. The number of fused-ring (bicyclic) bond motifs is 3. The fraction of sp³-hybridized carbons (Fsp3) is 0. The first kappa shape index (κ1) is 46.5. The Hall–Kier alpha value is -11.0. The maximum Gasteiger partial charge on any atom is 0.164 e. The van der Waals surface area contributed by atoms with E-state index < -0.39 is 0 Å². The van der Waals surface area contributed by atoms with Gasteiger partial charge in [-0.05, 0) is 35.9 Å². The van der Waals surface area contributed by atoms with Crippen molar-refractivity contribution in [1.82, 2.24) is 54.4 Å². The zero-order valence-electron chi connectivity index (χ0n) is 42.2. The molecule has 0 aliphatic rings. The summed E-state index contributed by atoms with van der Waals surface area (Å²) in [6.45, 7) is 0. The number of rotatable bonds is 11. The van der Waals surface area contributed by atoms with Crippen LogP contribution in [0.5, 0.6) is 0 Å². The molecule has 9 aromatic carbocycles. The van der Waals surface area contributed by atoms with Gasteiger partial charge in [0, 0.05) is 84.5 Å². The minimum atomic E-state index is 0.509. The van der Waals surface area contributed by atoms with E-state index in [0.717, 1.165) is 88.7 Å². The quantitative estimate of drug-likeness (QED) is 0.123. The molecule has 0 radical (unpaired) electrons. The lowest BCUT2D eigenvalue weighted by molar-refractivity contribution is 1.07. The summed E-state index contributed by atoms with van der Waals surface area (Å²) in [6.07, 6.45) is 3.66. The average molecular weight is 1010 g/mol. The van der Waals surface area contributed by atoms with Gasteiger partial charge in [-0.2, -0.15) is 0 Å². The Morgan fingerprint density at radius 1 is 0.228 bits per heavy atom. The standard InChI is InChI=1S/C68H43N11/c1-7-20-44(21-8-1)60-70-61(45-22-9-2-10-23-45)74-66(73-60)50-33-36-55-56-37-34-51(67-75-62(46-24-11-3-12-25-46)71-63(76-67)47-26-13-4-14-27-47)41-59(56)79(58(55)40-50)53-35-38-54(52-32-19-39-69-43-52)57(42-53)68-77-64(48-28-15-5-16-29-48)72-65(78-68)49-30-17-6-18-31-49/h1-43H. The van der Waals surface area contributed by atoms with E-state index in [1.807, 2.05) is 194 Å². The molecule has 5 aromatic heterocycles. The molecule has 0 saturated heterocycles. The molecular weight excluding hydrogens is 971 g/mol. The highest BCUT2D eigenvalue weighted by atomic mass is 15.1. The summed E-state index contributed by atoms with van der Waals surface area (Å²) in [7, 11) is 0. The van der Waals surface area contributed by atoms with Crippen molar-refractivity contribution < 1.29 is 0 Å². The molecule has 0 atom stereocenters. The van der Waals surface area contributed by atoms with Gasteiger partial charge in [0.2, 0.25) is 0 Å². The predicted octanol–water partition coefficient (Wildman–Crippen LogP) is 15.4. The lowest BCUT2D eigenvalue weighted by Gasteiger charge is -2.16. The maximum absolute atomic E-state index is 5.28. The summed E-state index contributed by atoms with van der Waals surface area (Å²) in [5.74, 6) is 5.02. The SMILES string of the molecule is c1ccc(-c2nc(-c3ccccc3)nc(-c3ccc4c5ccc(-c6nc(-c7ccccc7)nc(-c7ccccc7)n6)cc5n(-c5ccc(-c6cccnc6)c(-c6nc(-c7ccccc7)nc(-c7ccccc7)n6)c5)c4c3)n2)cc1. The third-order valence-corrected chi connectivity index (χ3v) is 13.9. The number of hydrogen-bond acceptors (Lipinski definition) is 10. The Balaban J connectivity index is 1.03. The lowest BCUT2D eigenvalue weighted by atomic mass is 9.99. The van der Waals surface area contributed by atoms with Crippen molar-refractivity contribution in [2.75, 3.05) is 0 Å². The fourth-order valence-electron chi connectivity index (χ4n) is 10.0. The predicted molar refractivity (Wildman–Crippen MR) is 313 cm³/mol. The molecule has 0 spiro atoms. The van der Waals surface area contributed by atoms with Crippen LogP contribution in [0.15, 0.2) is 261 Å². The van der Waals surface area contributed by atoms with E-state index >= 15 is 0 Å². The zero-order valence-corrected chi connectivity index (χ0v) is 42.2. The molecule has 14 aromatic rings. The lowest BCUT2D eigenvalue weighted by Crippen LogP contribution is -2.03. The number of aromatic nitrogens is 11. The van der Waals surface area contributed by atoms with Crippen LogP contribution in [-0.2, 0) is 0 Å².